The van der Waals surface area contributed by atoms with E-state index in [1.807, 2.05) is 0 Å². The van der Waals surface area contributed by atoms with Gasteiger partial charge in [-0.25, -0.2) is 14.0 Å². The molecule has 0 amide bonds. The van der Waals surface area contributed by atoms with Crippen molar-refractivity contribution < 1.29 is 23.5 Å². The van der Waals surface area contributed by atoms with E-state index in [0.717, 1.165) is 12.1 Å². The highest BCUT2D eigenvalue weighted by Crippen LogP contribution is 2.04. The average Bonchev–Trinajstić information content (AvgIpc) is 2.34. The predicted molar refractivity (Wildman–Crippen MR) is 62.5 cm³/mol. The molecule has 0 fully saturated rings. The fourth-order valence-corrected chi connectivity index (χ4v) is 1.06. The largest absolute Gasteiger partial charge is 0.459 e. The van der Waals surface area contributed by atoms with E-state index in [0.29, 0.717) is 0 Å². The Hall–Kier alpha value is -2.17. The molecule has 0 spiro atoms. The van der Waals surface area contributed by atoms with Crippen molar-refractivity contribution in [3.05, 3.63) is 47.8 Å². The second kappa shape index (κ2) is 6.54. The molecule has 18 heavy (non-hydrogen) atoms. The number of ether oxygens (including phenoxy) is 2. The quantitative estimate of drug-likeness (QED) is 0.457. The molecule has 1 aromatic carbocycles. The summed E-state index contributed by atoms with van der Waals surface area (Å²) in [5.41, 5.74) is 0.516. The molecule has 0 aliphatic heterocycles. The Morgan fingerprint density at radius 2 is 1.72 bits per heavy atom. The van der Waals surface area contributed by atoms with Crippen molar-refractivity contribution in [3.8, 4) is 0 Å². The van der Waals surface area contributed by atoms with Crippen LogP contribution >= 0.6 is 0 Å². The minimum absolute atomic E-state index is 0.0430. The molecule has 0 aliphatic carbocycles. The summed E-state index contributed by atoms with van der Waals surface area (Å²) in [6.07, 6.45) is 0. The smallest absolute Gasteiger partial charge is 0.338 e. The molecule has 0 bridgehead atoms. The zero-order valence-electron chi connectivity index (χ0n) is 9.94. The van der Waals surface area contributed by atoms with Crippen LogP contribution in [0.25, 0.3) is 0 Å². The third kappa shape index (κ3) is 4.37. The van der Waals surface area contributed by atoms with Gasteiger partial charge in [0.25, 0.3) is 0 Å². The molecule has 4 nitrogen and oxygen atoms in total. The number of rotatable bonds is 5. The first-order valence-electron chi connectivity index (χ1n) is 5.26. The molecule has 1 rings (SSSR count). The van der Waals surface area contributed by atoms with Crippen LogP contribution in [-0.4, -0.2) is 25.2 Å². The van der Waals surface area contributed by atoms with Crippen LogP contribution in [0.2, 0.25) is 0 Å². The van der Waals surface area contributed by atoms with E-state index < -0.39 is 17.8 Å². The van der Waals surface area contributed by atoms with Crippen LogP contribution in [0, 0.1) is 5.82 Å². The predicted octanol–water partition coefficient (Wildman–Crippen LogP) is 2.10. The van der Waals surface area contributed by atoms with Gasteiger partial charge in [-0.15, -0.1) is 0 Å². The summed E-state index contributed by atoms with van der Waals surface area (Å²) in [6.45, 7) is 4.82. The lowest BCUT2D eigenvalue weighted by Crippen LogP contribution is -2.14. The third-order valence-corrected chi connectivity index (χ3v) is 1.98. The lowest BCUT2D eigenvalue weighted by atomic mass is 10.2. The van der Waals surface area contributed by atoms with Crippen molar-refractivity contribution in [2.45, 2.75) is 6.92 Å². The van der Waals surface area contributed by atoms with Crippen LogP contribution in [-0.2, 0) is 14.3 Å². The second-order valence-corrected chi connectivity index (χ2v) is 3.56. The van der Waals surface area contributed by atoms with Gasteiger partial charge >= 0.3 is 11.9 Å². The Kier molecular flexibility index (Phi) is 5.05. The molecule has 0 saturated carbocycles. The third-order valence-electron chi connectivity index (χ3n) is 1.98. The summed E-state index contributed by atoms with van der Waals surface area (Å²) >= 11 is 0. The molecule has 0 radical (unpaired) electrons. The van der Waals surface area contributed by atoms with Crippen LogP contribution in [0.15, 0.2) is 36.4 Å². The van der Waals surface area contributed by atoms with Gasteiger partial charge in [-0.2, -0.15) is 0 Å². The average molecular weight is 252 g/mol. The molecule has 96 valence electrons. The maximum Gasteiger partial charge on any atom is 0.338 e. The molecule has 0 aromatic heterocycles. The number of benzene rings is 1. The maximum absolute atomic E-state index is 12.6. The van der Waals surface area contributed by atoms with Gasteiger partial charge in [0.2, 0.25) is 0 Å². The van der Waals surface area contributed by atoms with Gasteiger partial charge in [-0.3, -0.25) is 0 Å². The van der Waals surface area contributed by atoms with Crippen molar-refractivity contribution in [2.24, 2.45) is 0 Å². The van der Waals surface area contributed by atoms with Crippen LogP contribution < -0.4 is 0 Å². The SMILES string of the molecule is C=C(C)C(=O)OCCOC(=O)c1ccc(F)cc1. The van der Waals surface area contributed by atoms with Crippen LogP contribution in [0.4, 0.5) is 4.39 Å². The molecule has 0 heterocycles. The van der Waals surface area contributed by atoms with E-state index in [1.54, 1.807) is 0 Å². The number of hydrogen-bond donors (Lipinski definition) is 0. The lowest BCUT2D eigenvalue weighted by molar-refractivity contribution is -0.140. The number of hydrogen-bond acceptors (Lipinski definition) is 4. The lowest BCUT2D eigenvalue weighted by Gasteiger charge is -2.06. The van der Waals surface area contributed by atoms with E-state index in [1.165, 1.54) is 19.1 Å². The van der Waals surface area contributed by atoms with Gasteiger partial charge in [0, 0.05) is 5.57 Å². The van der Waals surface area contributed by atoms with Gasteiger partial charge in [0.05, 0.1) is 5.56 Å². The Morgan fingerprint density at radius 3 is 2.28 bits per heavy atom. The van der Waals surface area contributed by atoms with Gasteiger partial charge in [0.1, 0.15) is 19.0 Å². The summed E-state index contributed by atoms with van der Waals surface area (Å²) in [6, 6.07) is 4.96. The van der Waals surface area contributed by atoms with Crippen LogP contribution in [0.3, 0.4) is 0 Å². The number of carbonyl (C=O) groups is 2. The summed E-state index contributed by atoms with van der Waals surface area (Å²) in [7, 11) is 0. The first-order chi connectivity index (χ1) is 8.50. The van der Waals surface area contributed by atoms with Crippen LogP contribution in [0.5, 0.6) is 0 Å². The summed E-state index contributed by atoms with van der Waals surface area (Å²) in [5, 5.41) is 0. The molecule has 0 atom stereocenters. The Morgan fingerprint density at radius 1 is 1.17 bits per heavy atom. The normalized spacial score (nSPS) is 9.67. The standard InChI is InChI=1S/C13H13FO4/c1-9(2)12(15)17-7-8-18-13(16)10-3-5-11(14)6-4-10/h3-6H,1,7-8H2,2H3. The number of esters is 2. The number of carbonyl (C=O) groups excluding carboxylic acids is 2. The fourth-order valence-electron chi connectivity index (χ4n) is 1.06. The molecule has 0 saturated heterocycles. The maximum atomic E-state index is 12.6. The van der Waals surface area contributed by atoms with Crippen molar-refractivity contribution in [1.29, 1.82) is 0 Å². The highest BCUT2D eigenvalue weighted by atomic mass is 19.1. The van der Waals surface area contributed by atoms with E-state index >= 15 is 0 Å². The first-order valence-corrected chi connectivity index (χ1v) is 5.26. The van der Waals surface area contributed by atoms with Crippen molar-refractivity contribution in [3.63, 3.8) is 0 Å². The van der Waals surface area contributed by atoms with E-state index in [-0.39, 0.29) is 24.4 Å². The zero-order chi connectivity index (χ0) is 13.5. The van der Waals surface area contributed by atoms with Gasteiger partial charge in [-0.05, 0) is 31.2 Å². The van der Waals surface area contributed by atoms with Crippen LogP contribution in [0.1, 0.15) is 17.3 Å². The highest BCUT2D eigenvalue weighted by Gasteiger charge is 2.08. The molecular formula is C13H13FO4. The minimum Gasteiger partial charge on any atom is -0.459 e. The monoisotopic (exact) mass is 252 g/mol. The summed E-state index contributed by atoms with van der Waals surface area (Å²) in [4.78, 5) is 22.4. The van der Waals surface area contributed by atoms with E-state index in [2.05, 4.69) is 6.58 Å². The van der Waals surface area contributed by atoms with E-state index in [4.69, 9.17) is 9.47 Å². The Labute approximate surface area is 104 Å². The van der Waals surface area contributed by atoms with Crippen molar-refractivity contribution in [2.75, 3.05) is 13.2 Å². The Bertz CT molecular complexity index is 451. The second-order valence-electron chi connectivity index (χ2n) is 3.56. The molecule has 1 aromatic rings. The fraction of sp³-hybridized carbons (Fsp3) is 0.231. The topological polar surface area (TPSA) is 52.6 Å². The highest BCUT2D eigenvalue weighted by molar-refractivity contribution is 5.89. The van der Waals surface area contributed by atoms with Crippen molar-refractivity contribution >= 4 is 11.9 Å². The first kappa shape index (κ1) is 13.9. The molecule has 0 N–H and O–H groups in total. The minimum atomic E-state index is -0.596. The molecular weight excluding hydrogens is 239 g/mol. The Balaban J connectivity index is 2.32. The summed E-state index contributed by atoms with van der Waals surface area (Å²) in [5.74, 6) is -1.56. The molecule has 5 heteroatoms. The van der Waals surface area contributed by atoms with Gasteiger partial charge in [-0.1, -0.05) is 6.58 Å². The van der Waals surface area contributed by atoms with Gasteiger partial charge in [0.15, 0.2) is 0 Å². The number of halogens is 1. The molecule has 0 unspecified atom stereocenters. The van der Waals surface area contributed by atoms with Crippen molar-refractivity contribution in [1.82, 2.24) is 0 Å². The van der Waals surface area contributed by atoms with Gasteiger partial charge < -0.3 is 9.47 Å². The zero-order valence-corrected chi connectivity index (χ0v) is 9.94. The molecule has 0 aliphatic rings. The van der Waals surface area contributed by atoms with E-state index in [9.17, 15) is 14.0 Å². The summed E-state index contributed by atoms with van der Waals surface area (Å²) < 4.78 is 22.2.